The molecule has 2 atom stereocenters. The zero-order valence-corrected chi connectivity index (χ0v) is 9.71. The molecule has 2 unspecified atom stereocenters. The number of anilines is 1. The van der Waals surface area contributed by atoms with Crippen LogP contribution in [0.4, 0.5) is 10.1 Å². The Morgan fingerprint density at radius 1 is 1.28 bits per heavy atom. The zero-order chi connectivity index (χ0) is 13.5. The van der Waals surface area contributed by atoms with Crippen molar-refractivity contribution in [3.8, 4) is 0 Å². The molecule has 0 bridgehead atoms. The van der Waals surface area contributed by atoms with E-state index in [0.717, 1.165) is 0 Å². The molecule has 0 fully saturated rings. The largest absolute Gasteiger partial charge is 0.396 e. The van der Waals surface area contributed by atoms with E-state index in [1.165, 1.54) is 18.2 Å². The Labute approximate surface area is 104 Å². The number of carbonyl (C=O) groups is 1. The summed E-state index contributed by atoms with van der Waals surface area (Å²) >= 11 is 0. The van der Waals surface area contributed by atoms with E-state index >= 15 is 0 Å². The number of benzene rings is 1. The van der Waals surface area contributed by atoms with Crippen LogP contribution >= 0.6 is 0 Å². The Bertz CT molecular complexity index is 399. The molecule has 0 aliphatic carbocycles. The zero-order valence-electron chi connectivity index (χ0n) is 9.71. The second kappa shape index (κ2) is 7.05. The lowest BCUT2D eigenvalue weighted by Gasteiger charge is -2.16. The monoisotopic (exact) mass is 257 g/mol. The average Bonchev–Trinajstić information content (AvgIpc) is 2.32. The summed E-state index contributed by atoms with van der Waals surface area (Å²) in [6, 6.07) is 5.65. The Morgan fingerprint density at radius 3 is 2.56 bits per heavy atom. The van der Waals surface area contributed by atoms with E-state index in [9.17, 15) is 19.4 Å². The van der Waals surface area contributed by atoms with Crippen molar-refractivity contribution in [2.75, 3.05) is 11.9 Å². The second-order valence-electron chi connectivity index (χ2n) is 3.88. The number of hydrogen-bond donors (Lipinski definition) is 4. The first-order valence-corrected chi connectivity index (χ1v) is 5.56. The molecule has 1 rings (SSSR count). The summed E-state index contributed by atoms with van der Waals surface area (Å²) in [5.41, 5.74) is 0.0198. The first kappa shape index (κ1) is 14.6. The molecular weight excluding hydrogens is 241 g/mol. The minimum absolute atomic E-state index is 0.0197. The molecule has 0 saturated heterocycles. The molecule has 4 N–H and O–H groups in total. The van der Waals surface area contributed by atoms with Gasteiger partial charge in [-0.3, -0.25) is 4.79 Å². The number of amides is 1. The molecule has 0 aliphatic rings. The molecule has 6 heteroatoms. The summed E-state index contributed by atoms with van der Waals surface area (Å²) in [6.45, 7) is -0.285. The van der Waals surface area contributed by atoms with Gasteiger partial charge in [-0.15, -0.1) is 0 Å². The summed E-state index contributed by atoms with van der Waals surface area (Å²) in [7, 11) is 0. The van der Waals surface area contributed by atoms with Crippen molar-refractivity contribution in [1.82, 2.24) is 0 Å². The Balaban J connectivity index is 2.49. The van der Waals surface area contributed by atoms with Crippen LogP contribution < -0.4 is 5.32 Å². The molecule has 1 aromatic carbocycles. The molecule has 0 aliphatic heterocycles. The summed E-state index contributed by atoms with van der Waals surface area (Å²) in [5.74, 6) is -1.18. The molecular formula is C12H16FNO4. The predicted octanol–water partition coefficient (Wildman–Crippen LogP) is 0.258. The van der Waals surface area contributed by atoms with Gasteiger partial charge in [-0.1, -0.05) is 12.1 Å². The van der Waals surface area contributed by atoms with E-state index < -0.39 is 23.9 Å². The molecule has 0 spiro atoms. The molecule has 1 amide bonds. The fraction of sp³-hybridized carbons (Fsp3) is 0.417. The number of para-hydroxylation sites is 1. The lowest BCUT2D eigenvalue weighted by atomic mass is 10.1. The van der Waals surface area contributed by atoms with Crippen LogP contribution in [-0.2, 0) is 4.79 Å². The molecule has 18 heavy (non-hydrogen) atoms. The van der Waals surface area contributed by atoms with Gasteiger partial charge >= 0.3 is 0 Å². The maximum atomic E-state index is 13.2. The van der Waals surface area contributed by atoms with Crippen LogP contribution in [0.2, 0.25) is 0 Å². The minimum atomic E-state index is -1.29. The summed E-state index contributed by atoms with van der Waals surface area (Å²) < 4.78 is 13.2. The first-order chi connectivity index (χ1) is 8.54. The lowest BCUT2D eigenvalue weighted by molar-refractivity contribution is -0.120. The van der Waals surface area contributed by atoms with Gasteiger partial charge in [-0.05, 0) is 18.6 Å². The summed E-state index contributed by atoms with van der Waals surface area (Å²) in [4.78, 5) is 11.5. The molecule has 0 saturated carbocycles. The van der Waals surface area contributed by atoms with Gasteiger partial charge in [-0.25, -0.2) is 4.39 Å². The van der Waals surface area contributed by atoms with Crippen molar-refractivity contribution >= 4 is 11.6 Å². The van der Waals surface area contributed by atoms with Crippen LogP contribution in [0, 0.1) is 5.82 Å². The quantitative estimate of drug-likeness (QED) is 0.588. The highest BCUT2D eigenvalue weighted by Crippen LogP contribution is 2.13. The third kappa shape index (κ3) is 4.40. The number of carbonyl (C=O) groups excluding carboxylic acids is 1. The van der Waals surface area contributed by atoms with E-state index in [1.54, 1.807) is 6.07 Å². The van der Waals surface area contributed by atoms with Crippen LogP contribution in [0.25, 0.3) is 0 Å². The van der Waals surface area contributed by atoms with Crippen molar-refractivity contribution in [2.24, 2.45) is 0 Å². The number of nitrogens with one attached hydrogen (secondary N) is 1. The SMILES string of the molecule is O=C(CC(O)C(O)CCO)Nc1ccccc1F. The van der Waals surface area contributed by atoms with Crippen molar-refractivity contribution in [3.05, 3.63) is 30.1 Å². The molecule has 0 radical (unpaired) electrons. The summed E-state index contributed by atoms with van der Waals surface area (Å²) in [6.07, 6.45) is -2.85. The van der Waals surface area contributed by atoms with Crippen LogP contribution in [0.3, 0.4) is 0 Å². The highest BCUT2D eigenvalue weighted by molar-refractivity contribution is 5.91. The predicted molar refractivity (Wildman–Crippen MR) is 63.4 cm³/mol. The normalized spacial score (nSPS) is 14.0. The van der Waals surface area contributed by atoms with Crippen LogP contribution in [0.15, 0.2) is 24.3 Å². The number of rotatable bonds is 6. The topological polar surface area (TPSA) is 89.8 Å². The van der Waals surface area contributed by atoms with Crippen LogP contribution in [0.1, 0.15) is 12.8 Å². The van der Waals surface area contributed by atoms with Crippen molar-refractivity contribution in [3.63, 3.8) is 0 Å². The van der Waals surface area contributed by atoms with Gasteiger partial charge in [0.2, 0.25) is 5.91 Å². The highest BCUT2D eigenvalue weighted by atomic mass is 19.1. The number of hydrogen-bond acceptors (Lipinski definition) is 4. The van der Waals surface area contributed by atoms with Crippen molar-refractivity contribution in [2.45, 2.75) is 25.0 Å². The third-order valence-corrected chi connectivity index (χ3v) is 2.41. The molecule has 100 valence electrons. The number of halogens is 1. The Hall–Kier alpha value is -1.50. The Morgan fingerprint density at radius 2 is 1.94 bits per heavy atom. The van der Waals surface area contributed by atoms with E-state index in [0.29, 0.717) is 0 Å². The van der Waals surface area contributed by atoms with Gasteiger partial charge in [0.05, 0.1) is 24.3 Å². The highest BCUT2D eigenvalue weighted by Gasteiger charge is 2.19. The Kier molecular flexibility index (Phi) is 5.70. The average molecular weight is 257 g/mol. The van der Waals surface area contributed by atoms with Gasteiger partial charge in [0.1, 0.15) is 5.82 Å². The summed E-state index contributed by atoms with van der Waals surface area (Å²) in [5, 5.41) is 29.6. The van der Waals surface area contributed by atoms with Gasteiger partial charge in [0.25, 0.3) is 0 Å². The maximum Gasteiger partial charge on any atom is 0.227 e. The molecule has 1 aromatic rings. The van der Waals surface area contributed by atoms with Gasteiger partial charge in [0.15, 0.2) is 0 Å². The fourth-order valence-electron chi connectivity index (χ4n) is 1.41. The lowest BCUT2D eigenvalue weighted by Crippen LogP contribution is -2.31. The number of aliphatic hydroxyl groups excluding tert-OH is 3. The fourth-order valence-corrected chi connectivity index (χ4v) is 1.41. The maximum absolute atomic E-state index is 13.2. The van der Waals surface area contributed by atoms with E-state index in [2.05, 4.69) is 5.32 Å². The van der Waals surface area contributed by atoms with E-state index in [1.807, 2.05) is 0 Å². The van der Waals surface area contributed by atoms with Crippen molar-refractivity contribution in [1.29, 1.82) is 0 Å². The van der Waals surface area contributed by atoms with Gasteiger partial charge in [-0.2, -0.15) is 0 Å². The van der Waals surface area contributed by atoms with Crippen LogP contribution in [0.5, 0.6) is 0 Å². The van der Waals surface area contributed by atoms with Crippen molar-refractivity contribution < 1.29 is 24.5 Å². The molecule has 0 heterocycles. The smallest absolute Gasteiger partial charge is 0.227 e. The number of aliphatic hydroxyl groups is 3. The van der Waals surface area contributed by atoms with Gasteiger partial charge < -0.3 is 20.6 Å². The molecule has 5 nitrogen and oxygen atoms in total. The van der Waals surface area contributed by atoms with E-state index in [-0.39, 0.29) is 25.1 Å². The van der Waals surface area contributed by atoms with E-state index in [4.69, 9.17) is 5.11 Å². The van der Waals surface area contributed by atoms with Crippen LogP contribution in [-0.4, -0.2) is 40.0 Å². The standard InChI is InChI=1S/C12H16FNO4/c13-8-3-1-2-4-9(8)14-12(18)7-11(17)10(16)5-6-15/h1-4,10-11,15-17H,5-7H2,(H,14,18). The molecule has 0 aromatic heterocycles. The minimum Gasteiger partial charge on any atom is -0.396 e. The second-order valence-corrected chi connectivity index (χ2v) is 3.88. The van der Waals surface area contributed by atoms with Gasteiger partial charge in [0, 0.05) is 6.61 Å². The first-order valence-electron chi connectivity index (χ1n) is 5.56. The third-order valence-electron chi connectivity index (χ3n) is 2.41.